The lowest BCUT2D eigenvalue weighted by molar-refractivity contribution is -0.114. The van der Waals surface area contributed by atoms with E-state index in [2.05, 4.69) is 32.8 Å². The second kappa shape index (κ2) is 8.77. The van der Waals surface area contributed by atoms with E-state index in [1.165, 1.54) is 24.9 Å². The van der Waals surface area contributed by atoms with Crippen molar-refractivity contribution in [3.05, 3.63) is 72.2 Å². The smallest absolute Gasteiger partial charge is 0.275 e. The number of rotatable bonds is 6. The van der Waals surface area contributed by atoms with E-state index in [1.54, 1.807) is 24.3 Å². The molecule has 0 saturated heterocycles. The van der Waals surface area contributed by atoms with Crippen LogP contribution >= 0.6 is 0 Å². The molecule has 0 unspecified atom stereocenters. The Bertz CT molecular complexity index is 986. The molecule has 2 aromatic carbocycles. The van der Waals surface area contributed by atoms with E-state index >= 15 is 0 Å². The number of para-hydroxylation sites is 1. The molecule has 0 fully saturated rings. The Morgan fingerprint density at radius 1 is 0.929 bits per heavy atom. The Kier molecular flexibility index (Phi) is 5.96. The molecule has 0 aliphatic rings. The number of amides is 2. The molecule has 142 valence electrons. The average molecular weight is 375 g/mol. The van der Waals surface area contributed by atoms with E-state index in [9.17, 15) is 9.59 Å². The van der Waals surface area contributed by atoms with Gasteiger partial charge in [-0.3, -0.25) is 9.59 Å². The summed E-state index contributed by atoms with van der Waals surface area (Å²) in [6.45, 7) is 3.51. The first-order valence-electron chi connectivity index (χ1n) is 8.91. The van der Waals surface area contributed by atoms with Crippen LogP contribution in [0.5, 0.6) is 0 Å². The van der Waals surface area contributed by atoms with E-state index in [0.29, 0.717) is 17.2 Å². The lowest BCUT2D eigenvalue weighted by atomic mass is 10.1. The number of benzene rings is 2. The van der Waals surface area contributed by atoms with Crippen molar-refractivity contribution in [2.75, 3.05) is 16.0 Å². The maximum atomic E-state index is 12.4. The van der Waals surface area contributed by atoms with Crippen molar-refractivity contribution in [2.24, 2.45) is 0 Å². The number of carbonyl (C=O) groups is 2. The molecular weight excluding hydrogens is 354 g/mol. The van der Waals surface area contributed by atoms with Gasteiger partial charge in [0.25, 0.3) is 5.91 Å². The van der Waals surface area contributed by atoms with Crippen LogP contribution in [0, 0.1) is 0 Å². The molecule has 0 radical (unpaired) electrons. The highest BCUT2D eigenvalue weighted by Crippen LogP contribution is 2.20. The minimum atomic E-state index is -0.381. The molecule has 3 rings (SSSR count). The highest BCUT2D eigenvalue weighted by atomic mass is 16.2. The Morgan fingerprint density at radius 2 is 1.68 bits per heavy atom. The van der Waals surface area contributed by atoms with E-state index < -0.39 is 0 Å². The number of anilines is 4. The largest absolute Gasteiger partial charge is 0.339 e. The van der Waals surface area contributed by atoms with E-state index in [1.807, 2.05) is 24.3 Å². The highest BCUT2D eigenvalue weighted by molar-refractivity contribution is 6.03. The maximum Gasteiger partial charge on any atom is 0.275 e. The molecule has 7 heteroatoms. The quantitative estimate of drug-likeness (QED) is 0.605. The number of nitrogens with one attached hydrogen (secondary N) is 3. The Hall–Kier alpha value is -3.74. The Balaban J connectivity index is 1.68. The molecule has 0 bridgehead atoms. The van der Waals surface area contributed by atoms with Crippen molar-refractivity contribution in [3.8, 4) is 0 Å². The molecule has 3 N–H and O–H groups in total. The van der Waals surface area contributed by atoms with Gasteiger partial charge in [0.15, 0.2) is 0 Å². The van der Waals surface area contributed by atoms with Gasteiger partial charge < -0.3 is 16.0 Å². The molecule has 0 spiro atoms. The minimum absolute atomic E-state index is 0.179. The van der Waals surface area contributed by atoms with Gasteiger partial charge in [0.2, 0.25) is 5.91 Å². The lowest BCUT2D eigenvalue weighted by Gasteiger charge is -2.10. The normalized spacial score (nSPS) is 10.2. The molecular formula is C21H21N5O2. The van der Waals surface area contributed by atoms with Gasteiger partial charge in [0, 0.05) is 24.0 Å². The van der Waals surface area contributed by atoms with Crippen LogP contribution in [0.25, 0.3) is 0 Å². The van der Waals surface area contributed by atoms with Crippen molar-refractivity contribution in [1.82, 2.24) is 9.97 Å². The zero-order valence-electron chi connectivity index (χ0n) is 15.7. The molecule has 1 heterocycles. The van der Waals surface area contributed by atoms with Gasteiger partial charge in [0.05, 0.1) is 12.4 Å². The molecule has 0 atom stereocenters. The lowest BCUT2D eigenvalue weighted by Crippen LogP contribution is -2.14. The van der Waals surface area contributed by atoms with Crippen molar-refractivity contribution in [1.29, 1.82) is 0 Å². The van der Waals surface area contributed by atoms with E-state index in [-0.39, 0.29) is 17.5 Å². The van der Waals surface area contributed by atoms with Gasteiger partial charge in [-0.15, -0.1) is 0 Å². The predicted octanol–water partition coefficient (Wildman–Crippen LogP) is 3.99. The molecule has 28 heavy (non-hydrogen) atoms. The summed E-state index contributed by atoms with van der Waals surface area (Å²) >= 11 is 0. The molecule has 0 aliphatic carbocycles. The fourth-order valence-electron chi connectivity index (χ4n) is 2.67. The number of nitrogens with zero attached hydrogens (tertiary/aromatic N) is 2. The van der Waals surface area contributed by atoms with Crippen LogP contribution in [0.4, 0.5) is 22.9 Å². The third-order valence-electron chi connectivity index (χ3n) is 3.99. The van der Waals surface area contributed by atoms with Crippen LogP contribution in [0.15, 0.2) is 60.9 Å². The topological polar surface area (TPSA) is 96.0 Å². The van der Waals surface area contributed by atoms with Crippen molar-refractivity contribution in [2.45, 2.75) is 20.3 Å². The van der Waals surface area contributed by atoms with Gasteiger partial charge >= 0.3 is 0 Å². The number of carbonyl (C=O) groups excluding carboxylic acids is 2. The zero-order chi connectivity index (χ0) is 19.9. The average Bonchev–Trinajstić information content (AvgIpc) is 2.68. The summed E-state index contributed by atoms with van der Waals surface area (Å²) in [5.74, 6) is 0.000155. The first-order chi connectivity index (χ1) is 13.5. The molecule has 2 amide bonds. The van der Waals surface area contributed by atoms with Crippen molar-refractivity contribution < 1.29 is 9.59 Å². The molecule has 0 saturated carbocycles. The molecule has 7 nitrogen and oxygen atoms in total. The monoisotopic (exact) mass is 375 g/mol. The summed E-state index contributed by atoms with van der Waals surface area (Å²) in [4.78, 5) is 32.0. The second-order valence-corrected chi connectivity index (χ2v) is 6.14. The fraction of sp³-hybridized carbons (Fsp3) is 0.143. The predicted molar refractivity (Wildman–Crippen MR) is 110 cm³/mol. The van der Waals surface area contributed by atoms with Crippen LogP contribution in [0.3, 0.4) is 0 Å². The maximum absolute atomic E-state index is 12.4. The fourth-order valence-corrected chi connectivity index (χ4v) is 2.67. The molecule has 1 aromatic heterocycles. The number of hydrogen-bond acceptors (Lipinski definition) is 5. The van der Waals surface area contributed by atoms with Crippen LogP contribution in [-0.4, -0.2) is 21.8 Å². The van der Waals surface area contributed by atoms with Crippen LogP contribution in [0.1, 0.15) is 29.9 Å². The molecule has 0 aliphatic heterocycles. The molecule has 3 aromatic rings. The summed E-state index contributed by atoms with van der Waals surface area (Å²) in [6.07, 6.45) is 3.84. The van der Waals surface area contributed by atoms with Crippen molar-refractivity contribution >= 4 is 34.7 Å². The highest BCUT2D eigenvalue weighted by Gasteiger charge is 2.10. The summed E-state index contributed by atoms with van der Waals surface area (Å²) in [6, 6.07) is 14.8. The Morgan fingerprint density at radius 3 is 2.36 bits per heavy atom. The van der Waals surface area contributed by atoms with Gasteiger partial charge in [0.1, 0.15) is 11.5 Å². The number of aryl methyl sites for hydroxylation is 1. The summed E-state index contributed by atoms with van der Waals surface area (Å²) < 4.78 is 0. The number of aromatic nitrogens is 2. The first-order valence-corrected chi connectivity index (χ1v) is 8.91. The first kappa shape index (κ1) is 19.0. The van der Waals surface area contributed by atoms with Crippen LogP contribution in [-0.2, 0) is 11.2 Å². The van der Waals surface area contributed by atoms with Crippen molar-refractivity contribution in [3.63, 3.8) is 0 Å². The van der Waals surface area contributed by atoms with Crippen LogP contribution < -0.4 is 16.0 Å². The minimum Gasteiger partial charge on any atom is -0.339 e. The van der Waals surface area contributed by atoms with Gasteiger partial charge in [-0.05, 0) is 36.2 Å². The standard InChI is InChI=1S/C21H21N5O2/c1-3-15-7-4-5-10-18(15)26-20-13-22-19(12-23-20)21(28)25-17-9-6-8-16(11-17)24-14(2)27/h4-13H,3H2,1-2H3,(H,23,26)(H,24,27)(H,25,28). The SMILES string of the molecule is CCc1ccccc1Nc1cnc(C(=O)Nc2cccc(NC(C)=O)c2)cn1. The number of hydrogen-bond donors (Lipinski definition) is 3. The third kappa shape index (κ3) is 4.91. The summed E-state index contributed by atoms with van der Waals surface area (Å²) in [5.41, 5.74) is 3.48. The summed E-state index contributed by atoms with van der Waals surface area (Å²) in [7, 11) is 0. The van der Waals surface area contributed by atoms with E-state index in [0.717, 1.165) is 12.1 Å². The second-order valence-electron chi connectivity index (χ2n) is 6.14. The van der Waals surface area contributed by atoms with Gasteiger partial charge in [-0.25, -0.2) is 9.97 Å². The van der Waals surface area contributed by atoms with Gasteiger partial charge in [-0.1, -0.05) is 31.2 Å². The summed E-state index contributed by atoms with van der Waals surface area (Å²) in [5, 5.41) is 8.64. The van der Waals surface area contributed by atoms with Crippen LogP contribution in [0.2, 0.25) is 0 Å². The van der Waals surface area contributed by atoms with E-state index in [4.69, 9.17) is 0 Å². The third-order valence-corrected chi connectivity index (χ3v) is 3.99. The zero-order valence-corrected chi connectivity index (χ0v) is 15.7. The van der Waals surface area contributed by atoms with Gasteiger partial charge in [-0.2, -0.15) is 0 Å². The Labute approximate surface area is 163 Å².